The number of hydrogen-bond donors (Lipinski definition) is 1. The predicted molar refractivity (Wildman–Crippen MR) is 46.0 cm³/mol. The fourth-order valence-corrected chi connectivity index (χ4v) is 0.936. The lowest BCUT2D eigenvalue weighted by Gasteiger charge is -1.92. The van der Waals surface area contributed by atoms with Crippen molar-refractivity contribution in [3.8, 4) is 0 Å². The van der Waals surface area contributed by atoms with Crippen molar-refractivity contribution in [1.29, 1.82) is 0 Å². The van der Waals surface area contributed by atoms with E-state index in [9.17, 15) is 14.9 Å². The third-order valence-electron chi connectivity index (χ3n) is 1.41. The molecule has 1 rings (SSSR count). The Hall–Kier alpha value is -1.63. The van der Waals surface area contributed by atoms with E-state index in [0.29, 0.717) is 0 Å². The van der Waals surface area contributed by atoms with Crippen LogP contribution in [-0.4, -0.2) is 20.3 Å². The van der Waals surface area contributed by atoms with Crippen LogP contribution in [0.4, 0.5) is 10.6 Å². The first kappa shape index (κ1) is 10.5. The molecule has 0 radical (unpaired) electrons. The predicted octanol–water partition coefficient (Wildman–Crippen LogP) is 1.50. The number of carbonyl (C=O) groups excluding carboxylic acids is 1. The van der Waals surface area contributed by atoms with E-state index in [1.54, 1.807) is 0 Å². The number of hydrogen-bond acceptors (Lipinski definition) is 5. The van der Waals surface area contributed by atoms with Gasteiger partial charge in [-0.05, 0) is 11.8 Å². The van der Waals surface area contributed by atoms with Crippen LogP contribution in [0, 0.1) is 17.0 Å². The molecule has 1 aromatic rings. The molecule has 8 heteroatoms. The average molecular weight is 220 g/mol. The highest BCUT2D eigenvalue weighted by molar-refractivity contribution is 6.61. The van der Waals surface area contributed by atoms with Crippen LogP contribution in [0.25, 0.3) is 0 Å². The number of aryl methyl sites for hydroxylation is 1. The van der Waals surface area contributed by atoms with E-state index in [1.165, 1.54) is 6.92 Å². The van der Waals surface area contributed by atoms with Crippen LogP contribution in [0.15, 0.2) is 0 Å². The largest absolute Gasteiger partial charge is 0.443 e. The Kier molecular flexibility index (Phi) is 3.03. The number of nitro groups is 1. The maximum Gasteiger partial charge on any atom is 0.404 e. The number of H-pyrrole nitrogens is 1. The number of ether oxygens (including phenoxy) is 1. The Labute approximate surface area is 83.2 Å². The van der Waals surface area contributed by atoms with Crippen molar-refractivity contribution in [3.63, 3.8) is 0 Å². The number of carbonyl (C=O) groups is 1. The summed E-state index contributed by atoms with van der Waals surface area (Å²) in [5.41, 5.74) is -0.752. The molecule has 0 aromatic carbocycles. The molecule has 0 spiro atoms. The maximum absolute atomic E-state index is 10.4. The van der Waals surface area contributed by atoms with E-state index in [2.05, 4.69) is 14.7 Å². The second-order valence-corrected chi connectivity index (χ2v) is 2.71. The molecule has 14 heavy (non-hydrogen) atoms. The van der Waals surface area contributed by atoms with Crippen molar-refractivity contribution in [2.45, 2.75) is 13.5 Å². The number of imidazole rings is 1. The quantitative estimate of drug-likeness (QED) is 0.472. The SMILES string of the molecule is Cc1nc(COC(=O)Cl)[nH]c1[N+](=O)[O-]. The van der Waals surface area contributed by atoms with Gasteiger partial charge in [0.1, 0.15) is 5.69 Å². The Morgan fingerprint density at radius 1 is 1.79 bits per heavy atom. The zero-order valence-corrected chi connectivity index (χ0v) is 7.87. The standard InChI is InChI=1S/C6H6ClN3O4/c1-3-5(10(12)13)9-4(8-3)2-14-6(7)11/h2H2,1H3,(H,8,9). The van der Waals surface area contributed by atoms with Crippen molar-refractivity contribution >= 4 is 22.8 Å². The zero-order chi connectivity index (χ0) is 10.7. The summed E-state index contributed by atoms with van der Waals surface area (Å²) in [5, 5.41) is 10.4. The molecule has 0 saturated heterocycles. The molecule has 1 aromatic heterocycles. The third kappa shape index (κ3) is 2.43. The lowest BCUT2D eigenvalue weighted by Crippen LogP contribution is -1.96. The summed E-state index contributed by atoms with van der Waals surface area (Å²) in [6.45, 7) is 1.26. The molecule has 0 fully saturated rings. The van der Waals surface area contributed by atoms with Crippen LogP contribution in [0.3, 0.4) is 0 Å². The highest BCUT2D eigenvalue weighted by atomic mass is 35.5. The van der Waals surface area contributed by atoms with Crippen molar-refractivity contribution in [3.05, 3.63) is 21.6 Å². The lowest BCUT2D eigenvalue weighted by molar-refractivity contribution is -0.389. The lowest BCUT2D eigenvalue weighted by atomic mass is 10.5. The molecule has 0 unspecified atom stereocenters. The molecular formula is C6H6ClN3O4. The summed E-state index contributed by atoms with van der Waals surface area (Å²) in [5.74, 6) is -0.0335. The summed E-state index contributed by atoms with van der Waals surface area (Å²) in [6, 6.07) is 0. The van der Waals surface area contributed by atoms with Gasteiger partial charge in [0.05, 0.1) is 0 Å². The molecule has 1 N–H and O–H groups in total. The van der Waals surface area contributed by atoms with Crippen LogP contribution in [0.2, 0.25) is 0 Å². The van der Waals surface area contributed by atoms with Crippen molar-refractivity contribution in [2.24, 2.45) is 0 Å². The van der Waals surface area contributed by atoms with E-state index in [-0.39, 0.29) is 23.9 Å². The number of aromatic amines is 1. The first-order valence-corrected chi connectivity index (χ1v) is 3.90. The number of nitrogens with one attached hydrogen (secondary N) is 1. The minimum Gasteiger partial charge on any atom is -0.443 e. The third-order valence-corrected chi connectivity index (χ3v) is 1.52. The fraction of sp³-hybridized carbons (Fsp3) is 0.333. The van der Waals surface area contributed by atoms with Gasteiger partial charge in [0, 0.05) is 11.6 Å². The van der Waals surface area contributed by atoms with Crippen LogP contribution in [0.1, 0.15) is 11.5 Å². The number of halogens is 1. The van der Waals surface area contributed by atoms with Gasteiger partial charge < -0.3 is 14.9 Å². The molecule has 0 bridgehead atoms. The van der Waals surface area contributed by atoms with E-state index < -0.39 is 10.4 Å². The van der Waals surface area contributed by atoms with Gasteiger partial charge in [-0.2, -0.15) is 0 Å². The minimum atomic E-state index is -0.985. The molecule has 1 heterocycles. The van der Waals surface area contributed by atoms with Gasteiger partial charge in [-0.3, -0.25) is 0 Å². The van der Waals surface area contributed by atoms with Gasteiger partial charge in [-0.15, -0.1) is 0 Å². The maximum atomic E-state index is 10.4. The monoisotopic (exact) mass is 219 g/mol. The first-order valence-electron chi connectivity index (χ1n) is 3.53. The van der Waals surface area contributed by atoms with E-state index in [4.69, 9.17) is 11.6 Å². The topological polar surface area (TPSA) is 98.1 Å². The molecular weight excluding hydrogens is 214 g/mol. The second kappa shape index (κ2) is 4.05. The average Bonchev–Trinajstić information content (AvgIpc) is 2.43. The Morgan fingerprint density at radius 3 is 2.86 bits per heavy atom. The smallest absolute Gasteiger partial charge is 0.404 e. The molecule has 7 nitrogen and oxygen atoms in total. The first-order chi connectivity index (χ1) is 6.50. The van der Waals surface area contributed by atoms with Crippen LogP contribution in [0.5, 0.6) is 0 Å². The van der Waals surface area contributed by atoms with Gasteiger partial charge in [0.25, 0.3) is 0 Å². The van der Waals surface area contributed by atoms with Gasteiger partial charge in [0.15, 0.2) is 6.61 Å². The van der Waals surface area contributed by atoms with E-state index in [1.807, 2.05) is 0 Å². The van der Waals surface area contributed by atoms with Crippen molar-refractivity contribution < 1.29 is 14.5 Å². The number of aromatic nitrogens is 2. The summed E-state index contributed by atoms with van der Waals surface area (Å²) in [6.07, 6.45) is 0. The number of nitrogens with zero attached hydrogens (tertiary/aromatic N) is 2. The summed E-state index contributed by atoms with van der Waals surface area (Å²) >= 11 is 4.90. The van der Waals surface area contributed by atoms with Gasteiger partial charge in [-0.25, -0.2) is 14.8 Å². The van der Waals surface area contributed by atoms with Crippen LogP contribution in [-0.2, 0) is 11.3 Å². The molecule has 0 saturated carbocycles. The number of rotatable bonds is 3. The molecule has 0 aliphatic heterocycles. The zero-order valence-electron chi connectivity index (χ0n) is 7.11. The normalized spacial score (nSPS) is 9.86. The Bertz CT molecular complexity index is 375. The van der Waals surface area contributed by atoms with E-state index >= 15 is 0 Å². The summed E-state index contributed by atoms with van der Waals surface area (Å²) in [4.78, 5) is 26.1. The van der Waals surface area contributed by atoms with Crippen LogP contribution >= 0.6 is 11.6 Å². The summed E-state index contributed by atoms with van der Waals surface area (Å²) in [7, 11) is 0. The Balaban J connectivity index is 2.76. The molecule has 0 amide bonds. The fourth-order valence-electron chi connectivity index (χ4n) is 0.882. The Morgan fingerprint density at radius 2 is 2.43 bits per heavy atom. The van der Waals surface area contributed by atoms with Gasteiger partial charge in [-0.1, -0.05) is 0 Å². The highest BCUT2D eigenvalue weighted by Crippen LogP contribution is 2.14. The van der Waals surface area contributed by atoms with Crippen molar-refractivity contribution in [2.75, 3.05) is 0 Å². The van der Waals surface area contributed by atoms with E-state index in [0.717, 1.165) is 0 Å². The van der Waals surface area contributed by atoms with Crippen molar-refractivity contribution in [1.82, 2.24) is 9.97 Å². The highest BCUT2D eigenvalue weighted by Gasteiger charge is 2.16. The molecule has 0 atom stereocenters. The summed E-state index contributed by atoms with van der Waals surface area (Å²) < 4.78 is 4.39. The molecule has 0 aliphatic rings. The molecule has 0 aliphatic carbocycles. The van der Waals surface area contributed by atoms with Gasteiger partial charge >= 0.3 is 11.2 Å². The molecule has 76 valence electrons. The van der Waals surface area contributed by atoms with Gasteiger partial charge in [0.2, 0.25) is 5.82 Å². The minimum absolute atomic E-state index is 0.184. The van der Waals surface area contributed by atoms with Crippen LogP contribution < -0.4 is 0 Å². The second-order valence-electron chi connectivity index (χ2n) is 2.40.